The van der Waals surface area contributed by atoms with Gasteiger partial charge in [0.25, 0.3) is 5.91 Å². The normalized spacial score (nSPS) is 17.2. The van der Waals surface area contributed by atoms with E-state index in [9.17, 15) is 32.8 Å². The Morgan fingerprint density at radius 3 is 2.47 bits per heavy atom. The molecule has 1 aromatic heterocycles. The molecule has 0 radical (unpaired) electrons. The van der Waals surface area contributed by atoms with Crippen molar-refractivity contribution in [3.8, 4) is 0 Å². The summed E-state index contributed by atoms with van der Waals surface area (Å²) in [5.74, 6) is -4.34. The molecule has 206 valence electrons. The number of H-pyrrole nitrogens is 1. The number of fused-ring (bicyclic) bond motifs is 1. The van der Waals surface area contributed by atoms with Crippen LogP contribution in [0.25, 0.3) is 10.9 Å². The van der Waals surface area contributed by atoms with Crippen LogP contribution in [0.5, 0.6) is 0 Å². The molecule has 2 heterocycles. The van der Waals surface area contributed by atoms with E-state index in [0.717, 1.165) is 12.0 Å². The predicted octanol–water partition coefficient (Wildman–Crippen LogP) is 0.674. The predicted molar refractivity (Wildman–Crippen MR) is 132 cm³/mol. The zero-order valence-electron chi connectivity index (χ0n) is 20.9. The lowest BCUT2D eigenvalue weighted by Crippen LogP contribution is -2.48. The molecule has 4 rings (SSSR count). The number of Topliss-reactive ketones (excluding diaryl/α,β-unsaturated/α-hetero) is 1. The minimum absolute atomic E-state index is 0.0165. The number of ketones is 1. The molecule has 0 spiro atoms. The largest absolute Gasteiger partial charge is 0.457 e. The van der Waals surface area contributed by atoms with Crippen LogP contribution in [0.1, 0.15) is 43.1 Å². The summed E-state index contributed by atoms with van der Waals surface area (Å²) in [5.41, 5.74) is 4.96. The second-order valence-electron chi connectivity index (χ2n) is 9.36. The summed E-state index contributed by atoms with van der Waals surface area (Å²) in [6.45, 7) is 1.10. The van der Waals surface area contributed by atoms with E-state index in [-0.39, 0.29) is 28.9 Å². The lowest BCUT2D eigenvalue weighted by molar-refractivity contribution is -0.147. The zero-order chi connectivity index (χ0) is 27.8. The van der Waals surface area contributed by atoms with Crippen LogP contribution < -0.4 is 21.7 Å². The fourth-order valence-corrected chi connectivity index (χ4v) is 3.69. The molecule has 3 amide bonds. The van der Waals surface area contributed by atoms with Crippen LogP contribution in [0.15, 0.2) is 18.2 Å². The molecule has 1 aliphatic heterocycles. The summed E-state index contributed by atoms with van der Waals surface area (Å²) in [6, 6.07) is 1.80. The molecule has 2 atom stereocenters. The van der Waals surface area contributed by atoms with Crippen LogP contribution in [-0.4, -0.2) is 66.7 Å². The number of aromatic nitrogens is 1. The first kappa shape index (κ1) is 28.7. The summed E-state index contributed by atoms with van der Waals surface area (Å²) in [7, 11) is 0. The summed E-state index contributed by atoms with van der Waals surface area (Å²) in [4.78, 5) is 62.8. The summed E-state index contributed by atoms with van der Waals surface area (Å²) in [5, 5.41) is 7.51. The Labute approximate surface area is 217 Å². The lowest BCUT2D eigenvalue weighted by atomic mass is 9.96. The number of benzene rings is 1. The van der Waals surface area contributed by atoms with Crippen LogP contribution >= 0.6 is 0 Å². The van der Waals surface area contributed by atoms with Crippen molar-refractivity contribution < 1.29 is 37.5 Å². The molecule has 13 heteroatoms. The fraction of sp³-hybridized carbons (Fsp3) is 0.480. The van der Waals surface area contributed by atoms with Gasteiger partial charge in [-0.15, -0.1) is 0 Å². The number of rotatable bonds is 10. The zero-order valence-corrected chi connectivity index (χ0v) is 20.9. The van der Waals surface area contributed by atoms with Crippen LogP contribution in [0.2, 0.25) is 0 Å². The summed E-state index contributed by atoms with van der Waals surface area (Å²) < 4.78 is 31.9. The number of carbonyl (C=O) groups excluding carboxylic acids is 5. The number of halogens is 2. The number of amides is 3. The van der Waals surface area contributed by atoms with Crippen molar-refractivity contribution in [1.82, 2.24) is 20.9 Å². The Kier molecular flexibility index (Phi) is 9.88. The molecule has 1 saturated carbocycles. The third kappa shape index (κ3) is 8.33. The van der Waals surface area contributed by atoms with Crippen LogP contribution in [0.3, 0.4) is 0 Å². The molecule has 2 aliphatic rings. The molecule has 11 nitrogen and oxygen atoms in total. The number of nitrogens with one attached hydrogen (secondary N) is 4. The Hall–Kier alpha value is -3.87. The Morgan fingerprint density at radius 2 is 1.87 bits per heavy atom. The first-order valence-corrected chi connectivity index (χ1v) is 12.3. The van der Waals surface area contributed by atoms with Gasteiger partial charge in [-0.25, -0.2) is 8.78 Å². The standard InChI is InChI=1S/C21H23F2N5O6.C4H8/c22-12-3-11-5-15(28-19(11)13(23)6-12)21(33)26-8-17(30)27-14(4-10-1-2-25-20(10)32)16(29)9-34-18(31)7-24;1-4-2-3-4/h3,5-6,10,14,28H,1-2,4,7-9,24H2,(H,25,32)(H,26,33)(H,27,30);4H,2-3H2,1H3/t10-,14?;/m0./s1. The van der Waals surface area contributed by atoms with Crippen molar-refractivity contribution in [1.29, 1.82) is 0 Å². The van der Waals surface area contributed by atoms with Crippen molar-refractivity contribution in [2.75, 3.05) is 26.2 Å². The highest BCUT2D eigenvalue weighted by atomic mass is 19.1. The second kappa shape index (κ2) is 13.1. The second-order valence-corrected chi connectivity index (χ2v) is 9.36. The topological polar surface area (TPSA) is 172 Å². The monoisotopic (exact) mass is 535 g/mol. The number of nitrogens with two attached hydrogens (primary N) is 1. The molecule has 1 saturated heterocycles. The van der Waals surface area contributed by atoms with E-state index in [1.165, 1.54) is 18.9 Å². The smallest absolute Gasteiger partial charge is 0.320 e. The van der Waals surface area contributed by atoms with Crippen LogP contribution in [0, 0.1) is 23.5 Å². The fourth-order valence-electron chi connectivity index (χ4n) is 3.69. The van der Waals surface area contributed by atoms with Gasteiger partial charge < -0.3 is 31.4 Å². The molecule has 1 aliphatic carbocycles. The van der Waals surface area contributed by atoms with Gasteiger partial charge >= 0.3 is 5.97 Å². The molecule has 6 N–H and O–H groups in total. The number of aromatic amines is 1. The molecule has 38 heavy (non-hydrogen) atoms. The van der Waals surface area contributed by atoms with Gasteiger partial charge in [0.05, 0.1) is 24.6 Å². The van der Waals surface area contributed by atoms with Gasteiger partial charge in [-0.2, -0.15) is 0 Å². The average Bonchev–Trinajstić information content (AvgIpc) is 3.36. The van der Waals surface area contributed by atoms with E-state index in [0.29, 0.717) is 19.0 Å². The Balaban J connectivity index is 0.000000912. The minimum Gasteiger partial charge on any atom is -0.457 e. The molecular weight excluding hydrogens is 504 g/mol. The first-order chi connectivity index (χ1) is 18.1. The maximum absolute atomic E-state index is 13.8. The number of ether oxygens (including phenoxy) is 1. The average molecular weight is 536 g/mol. The van der Waals surface area contributed by atoms with Gasteiger partial charge in [0, 0.05) is 23.9 Å². The lowest BCUT2D eigenvalue weighted by Gasteiger charge is -2.20. The van der Waals surface area contributed by atoms with Crippen molar-refractivity contribution in [3.63, 3.8) is 0 Å². The number of esters is 1. The van der Waals surface area contributed by atoms with Gasteiger partial charge in [0.2, 0.25) is 11.8 Å². The molecule has 1 aromatic carbocycles. The van der Waals surface area contributed by atoms with Crippen molar-refractivity contribution >= 4 is 40.4 Å². The van der Waals surface area contributed by atoms with Crippen molar-refractivity contribution in [2.24, 2.45) is 17.6 Å². The highest BCUT2D eigenvalue weighted by molar-refractivity contribution is 6.00. The van der Waals surface area contributed by atoms with Gasteiger partial charge in [-0.05, 0) is 30.9 Å². The maximum atomic E-state index is 13.8. The number of hydrogen-bond acceptors (Lipinski definition) is 7. The minimum atomic E-state index is -1.14. The van der Waals surface area contributed by atoms with Gasteiger partial charge in [-0.3, -0.25) is 24.0 Å². The first-order valence-electron chi connectivity index (χ1n) is 12.3. The SMILES string of the molecule is CC1CC1.NCC(=O)OCC(=O)C(C[C@@H]1CCNC1=O)NC(=O)CNC(=O)c1cc2cc(F)cc(F)c2[nH]1. The Morgan fingerprint density at radius 1 is 1.16 bits per heavy atom. The van der Waals surface area contributed by atoms with E-state index in [2.05, 4.69) is 27.9 Å². The van der Waals surface area contributed by atoms with Crippen LogP contribution in [-0.2, 0) is 23.9 Å². The Bertz CT molecular complexity index is 1210. The molecule has 0 bridgehead atoms. The third-order valence-electron chi connectivity index (χ3n) is 6.11. The quantitative estimate of drug-likeness (QED) is 0.278. The van der Waals surface area contributed by atoms with Gasteiger partial charge in [-0.1, -0.05) is 19.8 Å². The van der Waals surface area contributed by atoms with Gasteiger partial charge in [0.15, 0.2) is 12.4 Å². The van der Waals surface area contributed by atoms with E-state index in [4.69, 9.17) is 10.5 Å². The van der Waals surface area contributed by atoms with Crippen molar-refractivity contribution in [2.45, 2.75) is 38.6 Å². The summed E-state index contributed by atoms with van der Waals surface area (Å²) in [6.07, 6.45) is 3.42. The van der Waals surface area contributed by atoms with E-state index >= 15 is 0 Å². The number of hydrogen-bond donors (Lipinski definition) is 5. The van der Waals surface area contributed by atoms with Gasteiger partial charge in [0.1, 0.15) is 17.3 Å². The molecule has 2 aromatic rings. The third-order valence-corrected chi connectivity index (χ3v) is 6.11. The van der Waals surface area contributed by atoms with Crippen molar-refractivity contribution in [3.05, 3.63) is 35.5 Å². The molecule has 2 fully saturated rings. The van der Waals surface area contributed by atoms with E-state index in [1.54, 1.807) is 0 Å². The highest BCUT2D eigenvalue weighted by Gasteiger charge is 2.31. The highest BCUT2D eigenvalue weighted by Crippen LogP contribution is 2.26. The molecule has 1 unspecified atom stereocenters. The van der Waals surface area contributed by atoms with Crippen LogP contribution in [0.4, 0.5) is 8.78 Å². The van der Waals surface area contributed by atoms with E-state index < -0.39 is 66.9 Å². The summed E-state index contributed by atoms with van der Waals surface area (Å²) >= 11 is 0. The van der Waals surface area contributed by atoms with E-state index in [1.807, 2.05) is 0 Å². The number of carbonyl (C=O) groups is 5. The molecular formula is C25H31F2N5O6. The maximum Gasteiger partial charge on any atom is 0.320 e.